The van der Waals surface area contributed by atoms with Crippen LogP contribution >= 0.6 is 0 Å². The molecule has 0 spiro atoms. The first-order valence-corrected chi connectivity index (χ1v) is 10.4. The minimum Gasteiger partial charge on any atom is -0.495 e. The molecule has 0 saturated carbocycles. The number of hydrogen-bond donors (Lipinski definition) is 2. The van der Waals surface area contributed by atoms with Crippen LogP contribution in [0.4, 0.5) is 0 Å². The van der Waals surface area contributed by atoms with Gasteiger partial charge in [0.2, 0.25) is 0 Å². The second-order valence-corrected chi connectivity index (χ2v) is 7.25. The molecule has 2 heterocycles. The van der Waals surface area contributed by atoms with Gasteiger partial charge in [0.1, 0.15) is 11.3 Å². The maximum Gasteiger partial charge on any atom is 0.333 e. The van der Waals surface area contributed by atoms with Gasteiger partial charge >= 0.3 is 5.69 Å². The summed E-state index contributed by atoms with van der Waals surface area (Å²) in [5, 5.41) is 2.60. The summed E-state index contributed by atoms with van der Waals surface area (Å²) in [7, 11) is 1.41. The van der Waals surface area contributed by atoms with E-state index < -0.39 is 17.2 Å². The van der Waals surface area contributed by atoms with Gasteiger partial charge in [-0.3, -0.25) is 19.0 Å². The number of nitrogens with one attached hydrogen (secondary N) is 2. The molecule has 2 N–H and O–H groups in total. The molecule has 0 aliphatic heterocycles. The van der Waals surface area contributed by atoms with E-state index in [4.69, 9.17) is 4.74 Å². The van der Waals surface area contributed by atoms with Crippen molar-refractivity contribution in [1.82, 2.24) is 24.4 Å². The normalized spacial score (nSPS) is 10.6. The number of ether oxygens (including phenoxy) is 1. The summed E-state index contributed by atoms with van der Waals surface area (Å²) in [5.74, 6) is -0.384. The van der Waals surface area contributed by atoms with Crippen LogP contribution in [-0.4, -0.2) is 38.7 Å². The van der Waals surface area contributed by atoms with E-state index in [9.17, 15) is 19.2 Å². The number of aromatic nitrogens is 4. The molecule has 10 heteroatoms. The Morgan fingerprint density at radius 3 is 2.53 bits per heavy atom. The third-order valence-corrected chi connectivity index (χ3v) is 5.13. The zero-order chi connectivity index (χ0) is 24.1. The molecule has 0 unspecified atom stereocenters. The standard InChI is InChI=1S/C24H21N5O5/c1-34-20-10-6-5-9-19(20)29-23(32)17(14-26-24(29)33)22(31)25-11-12-28-15-27-18(13-21(28)30)16-7-3-2-4-8-16/h2-10,13-15H,11-12H2,1H3,(H,25,31)(H,26,33). The van der Waals surface area contributed by atoms with E-state index in [1.807, 2.05) is 30.3 Å². The van der Waals surface area contributed by atoms with Crippen molar-refractivity contribution in [2.75, 3.05) is 13.7 Å². The third kappa shape index (κ3) is 4.56. The molecule has 0 aliphatic rings. The lowest BCUT2D eigenvalue weighted by Crippen LogP contribution is -2.40. The smallest absolute Gasteiger partial charge is 0.333 e. The number of para-hydroxylation sites is 2. The highest BCUT2D eigenvalue weighted by Crippen LogP contribution is 2.19. The predicted molar refractivity (Wildman–Crippen MR) is 125 cm³/mol. The van der Waals surface area contributed by atoms with Gasteiger partial charge in [-0.25, -0.2) is 14.3 Å². The number of amides is 1. The zero-order valence-electron chi connectivity index (χ0n) is 18.2. The highest BCUT2D eigenvalue weighted by molar-refractivity contribution is 5.93. The quantitative estimate of drug-likeness (QED) is 0.427. The monoisotopic (exact) mass is 459 g/mol. The summed E-state index contributed by atoms with van der Waals surface area (Å²) in [6.45, 7) is 0.217. The fourth-order valence-corrected chi connectivity index (χ4v) is 3.41. The molecule has 0 atom stereocenters. The number of hydrogen-bond acceptors (Lipinski definition) is 6. The molecule has 0 saturated heterocycles. The number of carbonyl (C=O) groups excluding carboxylic acids is 1. The Labute approximate surface area is 193 Å². The van der Waals surface area contributed by atoms with Crippen LogP contribution in [0.5, 0.6) is 5.75 Å². The number of carbonyl (C=O) groups is 1. The minimum atomic E-state index is -0.795. The van der Waals surface area contributed by atoms with Crippen molar-refractivity contribution >= 4 is 5.91 Å². The molecular formula is C24H21N5O5. The maximum atomic E-state index is 12.9. The summed E-state index contributed by atoms with van der Waals surface area (Å²) >= 11 is 0. The Kier molecular flexibility index (Phi) is 6.49. The lowest BCUT2D eigenvalue weighted by molar-refractivity contribution is 0.0949. The number of benzene rings is 2. The topological polar surface area (TPSA) is 128 Å². The predicted octanol–water partition coefficient (Wildman–Crippen LogP) is 1.19. The Bertz CT molecular complexity index is 1500. The van der Waals surface area contributed by atoms with Crippen molar-refractivity contribution < 1.29 is 9.53 Å². The molecule has 0 radical (unpaired) electrons. The molecule has 1 amide bonds. The molecule has 10 nitrogen and oxygen atoms in total. The lowest BCUT2D eigenvalue weighted by atomic mass is 10.1. The summed E-state index contributed by atoms with van der Waals surface area (Å²) in [6, 6.07) is 17.2. The van der Waals surface area contributed by atoms with Crippen LogP contribution in [0.1, 0.15) is 10.4 Å². The van der Waals surface area contributed by atoms with Gasteiger partial charge in [-0.15, -0.1) is 0 Å². The largest absolute Gasteiger partial charge is 0.495 e. The van der Waals surface area contributed by atoms with Crippen LogP contribution in [0, 0.1) is 0 Å². The number of rotatable bonds is 7. The number of aromatic amines is 1. The van der Waals surface area contributed by atoms with E-state index in [-0.39, 0.29) is 29.9 Å². The van der Waals surface area contributed by atoms with Crippen molar-refractivity contribution in [3.63, 3.8) is 0 Å². The van der Waals surface area contributed by atoms with Gasteiger partial charge < -0.3 is 15.0 Å². The van der Waals surface area contributed by atoms with Crippen LogP contribution in [-0.2, 0) is 6.54 Å². The molecule has 2 aromatic carbocycles. The van der Waals surface area contributed by atoms with Crippen molar-refractivity contribution in [3.8, 4) is 22.7 Å². The van der Waals surface area contributed by atoms with Gasteiger partial charge in [0.05, 0.1) is 24.8 Å². The third-order valence-electron chi connectivity index (χ3n) is 5.13. The summed E-state index contributed by atoms with van der Waals surface area (Å²) in [4.78, 5) is 57.0. The van der Waals surface area contributed by atoms with Gasteiger partial charge in [-0.2, -0.15) is 0 Å². The molecule has 2 aromatic heterocycles. The van der Waals surface area contributed by atoms with Crippen LogP contribution < -0.4 is 26.9 Å². The first-order chi connectivity index (χ1) is 16.5. The second-order valence-electron chi connectivity index (χ2n) is 7.25. The van der Waals surface area contributed by atoms with E-state index in [1.54, 1.807) is 18.2 Å². The molecule has 0 fully saturated rings. The van der Waals surface area contributed by atoms with Crippen molar-refractivity contribution in [3.05, 3.63) is 110 Å². The van der Waals surface area contributed by atoms with Gasteiger partial charge in [-0.05, 0) is 12.1 Å². The fraction of sp³-hybridized carbons (Fsp3) is 0.125. The van der Waals surface area contributed by atoms with Crippen molar-refractivity contribution in [2.45, 2.75) is 6.54 Å². The van der Waals surface area contributed by atoms with E-state index >= 15 is 0 Å². The fourth-order valence-electron chi connectivity index (χ4n) is 3.41. The van der Waals surface area contributed by atoms with Gasteiger partial charge in [-0.1, -0.05) is 42.5 Å². The molecule has 34 heavy (non-hydrogen) atoms. The first kappa shape index (κ1) is 22.5. The minimum absolute atomic E-state index is 0.0678. The van der Waals surface area contributed by atoms with E-state index in [0.29, 0.717) is 11.4 Å². The van der Waals surface area contributed by atoms with Crippen LogP contribution in [0.2, 0.25) is 0 Å². The Balaban J connectivity index is 1.50. The zero-order valence-corrected chi connectivity index (χ0v) is 18.2. The summed E-state index contributed by atoms with van der Waals surface area (Å²) < 4.78 is 7.41. The summed E-state index contributed by atoms with van der Waals surface area (Å²) in [5.41, 5.74) is -0.442. The Morgan fingerprint density at radius 1 is 1.06 bits per heavy atom. The first-order valence-electron chi connectivity index (χ1n) is 10.4. The van der Waals surface area contributed by atoms with E-state index in [2.05, 4.69) is 15.3 Å². The Hall–Kier alpha value is -4.73. The molecule has 0 bridgehead atoms. The van der Waals surface area contributed by atoms with Crippen molar-refractivity contribution in [1.29, 1.82) is 0 Å². The SMILES string of the molecule is COc1ccccc1-n1c(=O)[nH]cc(C(=O)NCCn2cnc(-c3ccccc3)cc2=O)c1=O. The second kappa shape index (κ2) is 9.82. The Morgan fingerprint density at radius 2 is 1.79 bits per heavy atom. The van der Waals surface area contributed by atoms with Crippen LogP contribution in [0.15, 0.2) is 87.6 Å². The highest BCUT2D eigenvalue weighted by Gasteiger charge is 2.17. The molecule has 0 aliphatic carbocycles. The van der Waals surface area contributed by atoms with Crippen LogP contribution in [0.3, 0.4) is 0 Å². The molecule has 4 aromatic rings. The number of methoxy groups -OCH3 is 1. The van der Waals surface area contributed by atoms with Gasteiger partial charge in [0, 0.05) is 30.9 Å². The van der Waals surface area contributed by atoms with Crippen molar-refractivity contribution in [2.24, 2.45) is 0 Å². The van der Waals surface area contributed by atoms with E-state index in [1.165, 1.54) is 30.1 Å². The molecular weight excluding hydrogens is 438 g/mol. The number of nitrogens with zero attached hydrogens (tertiary/aromatic N) is 3. The summed E-state index contributed by atoms with van der Waals surface area (Å²) in [6.07, 6.45) is 2.47. The maximum absolute atomic E-state index is 12.9. The van der Waals surface area contributed by atoms with Crippen LogP contribution in [0.25, 0.3) is 16.9 Å². The molecule has 172 valence electrons. The number of H-pyrrole nitrogens is 1. The lowest BCUT2D eigenvalue weighted by Gasteiger charge is -2.11. The van der Waals surface area contributed by atoms with Gasteiger partial charge in [0.25, 0.3) is 17.0 Å². The van der Waals surface area contributed by atoms with E-state index in [0.717, 1.165) is 16.3 Å². The highest BCUT2D eigenvalue weighted by atomic mass is 16.5. The van der Waals surface area contributed by atoms with Gasteiger partial charge in [0.15, 0.2) is 0 Å². The molecule has 4 rings (SSSR count). The average molecular weight is 459 g/mol. The average Bonchev–Trinajstić information content (AvgIpc) is 2.86.